The van der Waals surface area contributed by atoms with Crippen LogP contribution in [0.25, 0.3) is 0 Å². The van der Waals surface area contributed by atoms with Crippen molar-refractivity contribution in [3.63, 3.8) is 0 Å². The van der Waals surface area contributed by atoms with E-state index in [0.717, 1.165) is 10.5 Å². The fourth-order valence-electron chi connectivity index (χ4n) is 5.25. The van der Waals surface area contributed by atoms with Gasteiger partial charge in [-0.2, -0.15) is 0 Å². The Bertz CT molecular complexity index is 1610. The first-order valence-electron chi connectivity index (χ1n) is 20.3. The summed E-state index contributed by atoms with van der Waals surface area (Å²) in [5.74, 6) is -3.30. The van der Waals surface area contributed by atoms with E-state index in [9.17, 15) is 38.4 Å². The van der Waals surface area contributed by atoms with Crippen LogP contribution in [0.4, 0.5) is 10.5 Å². The summed E-state index contributed by atoms with van der Waals surface area (Å²) in [6, 6.07) is 4.03. The normalized spacial score (nSPS) is 13.4. The quantitative estimate of drug-likeness (QED) is 0.0353. The third kappa shape index (κ3) is 22.1. The summed E-state index contributed by atoms with van der Waals surface area (Å²) in [4.78, 5) is 98.7. The molecule has 0 aromatic heterocycles. The molecule has 20 nitrogen and oxygen atoms in total. The second-order valence-electron chi connectivity index (χ2n) is 15.3. The number of ether oxygens (including phenoxy) is 5. The lowest BCUT2D eigenvalue weighted by Gasteiger charge is -2.25. The molecule has 2 atom stereocenters. The van der Waals surface area contributed by atoms with Gasteiger partial charge in [-0.15, -0.1) is 0 Å². The second kappa shape index (κ2) is 28.2. The van der Waals surface area contributed by atoms with Crippen molar-refractivity contribution < 1.29 is 62.0 Å². The SMILES string of the molecule is CC(C)[C@@H](NC(=O)CCOCCOCCOCCOCCNC(=O)CCN1C(=O)C=CC1=O)C(=O)N[C@H](CCCNC(N)=O)C(=O)Nc1ccc(COC(=O)C(C)(C)C)cc1. The van der Waals surface area contributed by atoms with Gasteiger partial charge in [0.15, 0.2) is 0 Å². The van der Waals surface area contributed by atoms with E-state index < -0.39 is 53.1 Å². The first-order valence-corrected chi connectivity index (χ1v) is 20.3. The third-order valence-corrected chi connectivity index (χ3v) is 8.69. The average Bonchev–Trinajstić information content (AvgIpc) is 3.53. The van der Waals surface area contributed by atoms with Crippen molar-refractivity contribution in [1.82, 2.24) is 26.2 Å². The van der Waals surface area contributed by atoms with Crippen molar-refractivity contribution in [3.05, 3.63) is 42.0 Å². The monoisotopic (exact) mass is 861 g/mol. The summed E-state index contributed by atoms with van der Waals surface area (Å²) in [5.41, 5.74) is 5.69. The molecular formula is C41H63N7O13. The van der Waals surface area contributed by atoms with Crippen LogP contribution in [0.2, 0.25) is 0 Å². The Morgan fingerprint density at radius 1 is 0.705 bits per heavy atom. The molecule has 0 fully saturated rings. The number of nitrogens with one attached hydrogen (secondary N) is 5. The summed E-state index contributed by atoms with van der Waals surface area (Å²) < 4.78 is 27.2. The van der Waals surface area contributed by atoms with Crippen LogP contribution in [0.3, 0.4) is 0 Å². The van der Waals surface area contributed by atoms with Crippen LogP contribution < -0.4 is 32.3 Å². The maximum Gasteiger partial charge on any atom is 0.312 e. The van der Waals surface area contributed by atoms with Gasteiger partial charge in [0.05, 0.1) is 58.3 Å². The number of carbonyl (C=O) groups excluding carboxylic acids is 8. The topological polar surface area (TPSA) is 272 Å². The molecule has 0 aliphatic carbocycles. The minimum absolute atomic E-state index is 0.0102. The number of carbonyl (C=O) groups is 8. The van der Waals surface area contributed by atoms with Gasteiger partial charge in [-0.25, -0.2) is 4.79 Å². The van der Waals surface area contributed by atoms with Crippen LogP contribution in [-0.2, 0) is 63.9 Å². The fourth-order valence-corrected chi connectivity index (χ4v) is 5.25. The number of nitrogens with zero attached hydrogens (tertiary/aromatic N) is 1. The number of benzene rings is 1. The number of anilines is 1. The van der Waals surface area contributed by atoms with Gasteiger partial charge < -0.3 is 56.0 Å². The first kappa shape index (κ1) is 51.7. The van der Waals surface area contributed by atoms with Gasteiger partial charge in [0, 0.05) is 50.3 Å². The lowest BCUT2D eigenvalue weighted by Crippen LogP contribution is -2.54. The van der Waals surface area contributed by atoms with E-state index in [2.05, 4.69) is 26.6 Å². The summed E-state index contributed by atoms with van der Waals surface area (Å²) in [7, 11) is 0. The van der Waals surface area contributed by atoms with Crippen LogP contribution >= 0.6 is 0 Å². The molecule has 0 saturated heterocycles. The number of imide groups is 1. The van der Waals surface area contributed by atoms with Crippen molar-refractivity contribution in [2.75, 3.05) is 77.8 Å². The number of hydrogen-bond acceptors (Lipinski definition) is 13. The van der Waals surface area contributed by atoms with E-state index in [-0.39, 0.29) is 89.7 Å². The van der Waals surface area contributed by atoms with Gasteiger partial charge in [0.25, 0.3) is 11.8 Å². The van der Waals surface area contributed by atoms with Gasteiger partial charge in [-0.1, -0.05) is 26.0 Å². The van der Waals surface area contributed by atoms with Gasteiger partial charge in [0.1, 0.15) is 18.7 Å². The molecule has 7 N–H and O–H groups in total. The molecule has 1 aromatic rings. The van der Waals surface area contributed by atoms with Crippen molar-refractivity contribution in [2.24, 2.45) is 17.1 Å². The molecule has 0 unspecified atom stereocenters. The van der Waals surface area contributed by atoms with Crippen LogP contribution in [-0.4, -0.2) is 137 Å². The van der Waals surface area contributed by atoms with E-state index in [0.29, 0.717) is 38.5 Å². The highest BCUT2D eigenvalue weighted by Gasteiger charge is 2.29. The smallest absolute Gasteiger partial charge is 0.312 e. The van der Waals surface area contributed by atoms with Crippen molar-refractivity contribution >= 4 is 53.1 Å². The van der Waals surface area contributed by atoms with E-state index in [1.165, 1.54) is 12.2 Å². The molecule has 1 aliphatic heterocycles. The number of amides is 8. The number of urea groups is 1. The molecule has 2 rings (SSSR count). The maximum atomic E-state index is 13.4. The summed E-state index contributed by atoms with van der Waals surface area (Å²) >= 11 is 0. The van der Waals surface area contributed by atoms with Crippen LogP contribution in [0.15, 0.2) is 36.4 Å². The highest BCUT2D eigenvalue weighted by Crippen LogP contribution is 2.18. The van der Waals surface area contributed by atoms with Crippen LogP contribution in [0.1, 0.15) is 65.9 Å². The minimum Gasteiger partial charge on any atom is -0.460 e. The lowest BCUT2D eigenvalue weighted by atomic mass is 9.97. The number of hydrogen-bond donors (Lipinski definition) is 6. The van der Waals surface area contributed by atoms with Gasteiger partial charge in [-0.3, -0.25) is 38.5 Å². The molecule has 61 heavy (non-hydrogen) atoms. The summed E-state index contributed by atoms with van der Waals surface area (Å²) in [6.45, 7) is 11.5. The zero-order chi connectivity index (χ0) is 45.2. The molecule has 20 heteroatoms. The molecule has 1 aliphatic rings. The zero-order valence-electron chi connectivity index (χ0n) is 35.8. The van der Waals surface area contributed by atoms with Crippen molar-refractivity contribution in [3.8, 4) is 0 Å². The van der Waals surface area contributed by atoms with Gasteiger partial charge in [0.2, 0.25) is 23.6 Å². The third-order valence-electron chi connectivity index (χ3n) is 8.69. The summed E-state index contributed by atoms with van der Waals surface area (Å²) in [5, 5.41) is 13.4. The molecule has 0 saturated carbocycles. The van der Waals surface area contributed by atoms with E-state index in [1.54, 1.807) is 58.9 Å². The molecule has 1 aromatic carbocycles. The highest BCUT2D eigenvalue weighted by atomic mass is 16.6. The Morgan fingerprint density at radius 2 is 1.28 bits per heavy atom. The Morgan fingerprint density at radius 3 is 1.84 bits per heavy atom. The predicted molar refractivity (Wildman–Crippen MR) is 221 cm³/mol. The Kier molecular flexibility index (Phi) is 23.9. The largest absolute Gasteiger partial charge is 0.460 e. The van der Waals surface area contributed by atoms with E-state index in [1.807, 2.05) is 0 Å². The Hall–Kier alpha value is -5.44. The Balaban J connectivity index is 1.64. The average molecular weight is 862 g/mol. The van der Waals surface area contributed by atoms with Gasteiger partial charge in [-0.05, 0) is 57.2 Å². The number of nitrogens with two attached hydrogens (primary N) is 1. The standard InChI is InChI=1S/C41H63N7O13/c1-28(2)36(38(54)46-31(7-6-16-44-40(42)56)37(53)45-30-10-8-29(9-11-30)27-61-39(55)41(3,4)5)47-33(50)15-19-57-21-23-59-25-26-60-24-22-58-20-17-43-32(49)14-18-48-34(51)12-13-35(48)52/h8-13,28,31,36H,6-7,14-27H2,1-5H3,(H,43,49)(H,45,53)(H,46,54)(H,47,50)(H3,42,44,56)/t31-,36-/m1/s1. The Labute approximate surface area is 356 Å². The molecule has 1 heterocycles. The molecule has 8 amide bonds. The zero-order valence-corrected chi connectivity index (χ0v) is 35.8. The maximum absolute atomic E-state index is 13.4. The first-order chi connectivity index (χ1) is 29.0. The number of esters is 1. The number of rotatable bonds is 30. The minimum atomic E-state index is -1.01. The molecule has 0 bridgehead atoms. The molecule has 0 spiro atoms. The van der Waals surface area contributed by atoms with Crippen molar-refractivity contribution in [1.29, 1.82) is 0 Å². The van der Waals surface area contributed by atoms with Crippen LogP contribution in [0.5, 0.6) is 0 Å². The van der Waals surface area contributed by atoms with Gasteiger partial charge >= 0.3 is 12.0 Å². The van der Waals surface area contributed by atoms with Crippen LogP contribution in [0, 0.1) is 11.3 Å². The van der Waals surface area contributed by atoms with E-state index >= 15 is 0 Å². The predicted octanol–water partition coefficient (Wildman–Crippen LogP) is 0.676. The lowest BCUT2D eigenvalue weighted by molar-refractivity contribution is -0.154. The van der Waals surface area contributed by atoms with Crippen molar-refractivity contribution in [2.45, 2.75) is 79.0 Å². The second-order valence-corrected chi connectivity index (χ2v) is 15.3. The number of primary amides is 1. The highest BCUT2D eigenvalue weighted by molar-refractivity contribution is 6.13. The molecule has 340 valence electrons. The summed E-state index contributed by atoms with van der Waals surface area (Å²) in [6.07, 6.45) is 2.82. The van der Waals surface area contributed by atoms with E-state index in [4.69, 9.17) is 29.4 Å². The molecular weight excluding hydrogens is 798 g/mol. The molecule has 0 radical (unpaired) electrons. The fraction of sp³-hybridized carbons (Fsp3) is 0.610.